The van der Waals surface area contributed by atoms with Crippen LogP contribution >= 0.6 is 11.3 Å². The Morgan fingerprint density at radius 3 is 2.19 bits per heavy atom. The van der Waals surface area contributed by atoms with Crippen molar-refractivity contribution < 1.29 is 18.7 Å². The molecule has 4 aromatic heterocycles. The third kappa shape index (κ3) is 6.60. The van der Waals surface area contributed by atoms with Crippen molar-refractivity contribution in [1.29, 1.82) is 0 Å². The molecule has 3 aliphatic heterocycles. The maximum absolute atomic E-state index is 14.8. The monoisotopic (exact) mass is 803 g/mol. The molecule has 6 atom stereocenters. The molecule has 58 heavy (non-hydrogen) atoms. The zero-order valence-electron chi connectivity index (χ0n) is 33.4. The smallest absolute Gasteiger partial charge is 0.240 e. The Hall–Kier alpha value is -5.31. The molecule has 2 amide bonds. The number of carbonyl (C=O) groups excluding carboxylic acids is 2. The Morgan fingerprint density at radius 2 is 1.52 bits per heavy atom. The van der Waals surface area contributed by atoms with Gasteiger partial charge in [0.1, 0.15) is 23.6 Å². The van der Waals surface area contributed by atoms with Gasteiger partial charge < -0.3 is 36.0 Å². The minimum absolute atomic E-state index is 0.0105. The van der Waals surface area contributed by atoms with Gasteiger partial charge in [-0.3, -0.25) is 14.2 Å². The van der Waals surface area contributed by atoms with E-state index in [1.54, 1.807) is 22.4 Å². The Balaban J connectivity index is 1.04. The Labute approximate surface area is 340 Å². The van der Waals surface area contributed by atoms with Gasteiger partial charge in [-0.1, -0.05) is 39.8 Å². The fraction of sp³-hybridized carbons (Fsp3) is 0.409. The van der Waals surface area contributed by atoms with Crippen molar-refractivity contribution in [2.24, 2.45) is 23.3 Å². The minimum Gasteiger partial charge on any atom is -0.464 e. The van der Waals surface area contributed by atoms with Crippen LogP contribution in [0.2, 0.25) is 0 Å². The molecule has 6 N–H and O–H groups in total. The summed E-state index contributed by atoms with van der Waals surface area (Å²) in [4.78, 5) is 48.5. The molecule has 0 aliphatic carbocycles. The largest absolute Gasteiger partial charge is 0.464 e. The Bertz CT molecular complexity index is 2520. The summed E-state index contributed by atoms with van der Waals surface area (Å²) < 4.78 is 23.9. The van der Waals surface area contributed by atoms with Crippen molar-refractivity contribution >= 4 is 34.1 Å². The summed E-state index contributed by atoms with van der Waals surface area (Å²) >= 11 is 1.71. The lowest BCUT2D eigenvalue weighted by atomic mass is 10.0. The number of ether oxygens (including phenoxy) is 1. The van der Waals surface area contributed by atoms with Gasteiger partial charge >= 0.3 is 0 Å². The van der Waals surface area contributed by atoms with Crippen LogP contribution in [0.1, 0.15) is 86.7 Å². The second kappa shape index (κ2) is 14.8. The number of halogens is 1. The van der Waals surface area contributed by atoms with Crippen LogP contribution in [-0.4, -0.2) is 77.5 Å². The molecule has 7 heterocycles. The van der Waals surface area contributed by atoms with E-state index in [1.165, 1.54) is 4.88 Å². The molecule has 302 valence electrons. The van der Waals surface area contributed by atoms with E-state index in [1.807, 2.05) is 38.8 Å². The average Bonchev–Trinajstić information content (AvgIpc) is 4.07. The number of thiophene rings is 1. The molecule has 2 unspecified atom stereocenters. The number of aromatic nitrogens is 5. The van der Waals surface area contributed by atoms with Crippen molar-refractivity contribution in [2.45, 2.75) is 90.4 Å². The first-order chi connectivity index (χ1) is 27.9. The fourth-order valence-electron chi connectivity index (χ4n) is 8.67. The summed E-state index contributed by atoms with van der Waals surface area (Å²) in [5.74, 6) is 1.78. The van der Waals surface area contributed by atoms with Gasteiger partial charge in [-0.15, -0.1) is 11.3 Å². The molecule has 0 radical (unpaired) electrons. The number of rotatable bonds is 9. The van der Waals surface area contributed by atoms with Crippen LogP contribution < -0.4 is 16.2 Å². The van der Waals surface area contributed by atoms with E-state index in [0.29, 0.717) is 12.4 Å². The standard InChI is InChI=1S/C44H50FN9O3S/c1-22(2)38(46)42(55)52-14-6-7-33(52)40-48-20-31(50-40)26-9-11-29-34-16-27-15-25(10-12-32(27)54(34)44(57-36(29)17-26)37-13-8-24(5)58-37)30-19-49-41(51-30)35-18-28(45)21-53(35)43(56)39(47)23(3)4/h8-13,15-17,19-20,22-23,28,33,35,38-39,44H,6-7,14,18,21,46-47H2,1-5H3,(H,48,50)(H,49,51)/t28?,33-,35-,38-,39-,44?/m0/s1. The van der Waals surface area contributed by atoms with Gasteiger partial charge in [-0.25, -0.2) is 14.4 Å². The van der Waals surface area contributed by atoms with Gasteiger partial charge in [-0.2, -0.15) is 0 Å². The molecule has 0 bridgehead atoms. The number of likely N-dealkylation sites (tertiary alicyclic amines) is 2. The van der Waals surface area contributed by atoms with Crippen LogP contribution in [0.4, 0.5) is 4.39 Å². The van der Waals surface area contributed by atoms with E-state index in [9.17, 15) is 14.0 Å². The second-order valence-corrected chi connectivity index (χ2v) is 18.1. The van der Waals surface area contributed by atoms with Crippen molar-refractivity contribution in [3.8, 4) is 39.5 Å². The lowest BCUT2D eigenvalue weighted by Gasteiger charge is -2.29. The van der Waals surface area contributed by atoms with Crippen LogP contribution in [0, 0.1) is 18.8 Å². The van der Waals surface area contributed by atoms with E-state index < -0.39 is 30.5 Å². The van der Waals surface area contributed by atoms with E-state index >= 15 is 0 Å². The molecule has 2 fully saturated rings. The summed E-state index contributed by atoms with van der Waals surface area (Å²) in [5, 5.41) is 1.03. The summed E-state index contributed by atoms with van der Waals surface area (Å²) in [5.41, 5.74) is 19.0. The van der Waals surface area contributed by atoms with Gasteiger partial charge in [-0.05, 0) is 74.1 Å². The van der Waals surface area contributed by atoms with Crippen molar-refractivity contribution in [2.75, 3.05) is 13.1 Å². The van der Waals surface area contributed by atoms with Crippen molar-refractivity contribution in [3.05, 3.63) is 88.4 Å². The number of hydrogen-bond acceptors (Lipinski definition) is 8. The van der Waals surface area contributed by atoms with Gasteiger partial charge in [0.05, 0.1) is 70.6 Å². The van der Waals surface area contributed by atoms with E-state index in [4.69, 9.17) is 21.2 Å². The highest BCUT2D eigenvalue weighted by atomic mass is 32.1. The second-order valence-electron chi connectivity index (χ2n) is 16.7. The van der Waals surface area contributed by atoms with E-state index in [-0.39, 0.29) is 42.7 Å². The van der Waals surface area contributed by atoms with Gasteiger partial charge in [0, 0.05) is 39.9 Å². The Kier molecular flexibility index (Phi) is 9.76. The van der Waals surface area contributed by atoms with Crippen LogP contribution in [-0.2, 0) is 9.59 Å². The number of amides is 2. The summed E-state index contributed by atoms with van der Waals surface area (Å²) in [6.45, 7) is 10.5. The number of carbonyl (C=O) groups is 2. The number of fused-ring (bicyclic) bond motifs is 5. The summed E-state index contributed by atoms with van der Waals surface area (Å²) in [7, 11) is 0. The zero-order chi connectivity index (χ0) is 40.6. The van der Waals surface area contributed by atoms with Gasteiger partial charge in [0.25, 0.3) is 0 Å². The first-order valence-electron chi connectivity index (χ1n) is 20.3. The summed E-state index contributed by atoms with van der Waals surface area (Å²) in [6, 6.07) is 17.1. The maximum Gasteiger partial charge on any atom is 0.240 e. The lowest BCUT2D eigenvalue weighted by molar-refractivity contribution is -0.135. The maximum atomic E-state index is 14.8. The number of benzene rings is 2. The third-order valence-electron chi connectivity index (χ3n) is 12.1. The molecule has 0 saturated carbocycles. The number of aromatic amines is 2. The van der Waals surface area contributed by atoms with Crippen LogP contribution in [0.3, 0.4) is 0 Å². The van der Waals surface area contributed by atoms with Crippen LogP contribution in [0.15, 0.2) is 67.0 Å². The third-order valence-corrected chi connectivity index (χ3v) is 13.1. The highest BCUT2D eigenvalue weighted by Crippen LogP contribution is 2.47. The fourth-order valence-corrected chi connectivity index (χ4v) is 9.57. The number of nitrogens with two attached hydrogens (primary N) is 2. The van der Waals surface area contributed by atoms with E-state index in [2.05, 4.69) is 81.0 Å². The molecular weight excluding hydrogens is 754 g/mol. The number of nitrogens with zero attached hydrogens (tertiary/aromatic N) is 5. The average molecular weight is 804 g/mol. The number of aryl methyl sites for hydroxylation is 1. The normalized spacial score (nSPS) is 21.5. The molecule has 2 aromatic carbocycles. The Morgan fingerprint density at radius 1 is 0.862 bits per heavy atom. The summed E-state index contributed by atoms with van der Waals surface area (Å²) in [6.07, 6.45) is 3.97. The topological polar surface area (TPSA) is 164 Å². The molecule has 14 heteroatoms. The molecule has 3 aliphatic rings. The highest BCUT2D eigenvalue weighted by Gasteiger charge is 2.40. The quantitative estimate of drug-likeness (QED) is 0.117. The number of alkyl halides is 1. The number of hydrogen-bond donors (Lipinski definition) is 4. The minimum atomic E-state index is -1.14. The predicted octanol–water partition coefficient (Wildman–Crippen LogP) is 7.64. The number of nitrogens with one attached hydrogen (secondary N) is 2. The van der Waals surface area contributed by atoms with Gasteiger partial charge in [0.15, 0.2) is 0 Å². The SMILES string of the molecule is Cc1ccc(C2Oc3cc(-c4cnc([C@@H]5CCCN5C(=O)[C@@H](N)C(C)C)[nH]4)ccc3-c3cc4cc(-c5cnc([C@@H]6CC(F)CN6C(=O)[C@@H](N)C(C)C)[nH]5)ccc4n32)s1. The van der Waals surface area contributed by atoms with Crippen molar-refractivity contribution in [1.82, 2.24) is 34.3 Å². The molecule has 9 rings (SSSR count). The first kappa shape index (κ1) is 38.2. The lowest BCUT2D eigenvalue weighted by Crippen LogP contribution is -2.46. The van der Waals surface area contributed by atoms with Crippen molar-refractivity contribution in [3.63, 3.8) is 0 Å². The van der Waals surface area contributed by atoms with E-state index in [0.717, 1.165) is 74.0 Å². The molecule has 12 nitrogen and oxygen atoms in total. The first-order valence-corrected chi connectivity index (χ1v) is 21.1. The number of H-pyrrole nitrogens is 2. The molecule has 2 saturated heterocycles. The predicted molar refractivity (Wildman–Crippen MR) is 224 cm³/mol. The molecular formula is C44H50FN9O3S. The molecule has 0 spiro atoms. The number of imidazole rings is 2. The van der Waals surface area contributed by atoms with Crippen LogP contribution in [0.25, 0.3) is 44.7 Å². The van der Waals surface area contributed by atoms with Gasteiger partial charge in [0.2, 0.25) is 18.0 Å². The highest BCUT2D eigenvalue weighted by molar-refractivity contribution is 7.12. The van der Waals surface area contributed by atoms with Crippen LogP contribution in [0.5, 0.6) is 5.75 Å². The molecule has 6 aromatic rings. The zero-order valence-corrected chi connectivity index (χ0v) is 34.2.